The minimum Gasteiger partial charge on any atom is -0.478 e. The number of azide groups is 1. The molecule has 4 aliphatic rings. The minimum absolute atomic E-state index is 0.0304. The van der Waals surface area contributed by atoms with Crippen LogP contribution in [0.2, 0.25) is 0 Å². The summed E-state index contributed by atoms with van der Waals surface area (Å²) in [5, 5.41) is 23.5. The van der Waals surface area contributed by atoms with Gasteiger partial charge in [0, 0.05) is 31.0 Å². The van der Waals surface area contributed by atoms with Gasteiger partial charge in [0.1, 0.15) is 37.5 Å². The van der Waals surface area contributed by atoms with Crippen LogP contribution in [-0.2, 0) is 35.2 Å². The number of primary amides is 1. The van der Waals surface area contributed by atoms with E-state index in [0.717, 1.165) is 0 Å². The maximum absolute atomic E-state index is 12.6. The SMILES string of the molecule is C=C.CC.CCC.CCC(=O)C1=C(C(F)(F)F)C2C=CC1O2.CN.CNC(=O)CN=[N+]=[N-].CNC(=O)Cn1nnc(C(N)=O)c1C.O=C(O)C1=C(C(F)(F)F)C2C=CC1O2.c1ccoc1. The molecule has 6 heterocycles. The van der Waals surface area contributed by atoms with Crippen molar-refractivity contribution in [1.82, 2.24) is 25.6 Å². The van der Waals surface area contributed by atoms with E-state index in [1.807, 2.05) is 26.0 Å². The van der Waals surface area contributed by atoms with E-state index in [1.165, 1.54) is 56.5 Å². The van der Waals surface area contributed by atoms with Crippen molar-refractivity contribution in [2.75, 3.05) is 27.7 Å². The number of aliphatic carboxylic acids is 1. The molecule has 2 aromatic heterocycles. The Bertz CT molecular complexity index is 1940. The molecule has 65 heavy (non-hydrogen) atoms. The lowest BCUT2D eigenvalue weighted by molar-refractivity contribution is -0.134. The van der Waals surface area contributed by atoms with Gasteiger partial charge in [-0.15, -0.1) is 18.3 Å². The summed E-state index contributed by atoms with van der Waals surface area (Å²) in [5.41, 5.74) is 15.0. The molecule has 3 amide bonds. The van der Waals surface area contributed by atoms with Gasteiger partial charge in [-0.3, -0.25) is 19.2 Å². The van der Waals surface area contributed by atoms with Crippen molar-refractivity contribution in [3.05, 3.63) is 106 Å². The van der Waals surface area contributed by atoms with Crippen LogP contribution in [0, 0.1) is 6.92 Å². The van der Waals surface area contributed by atoms with Crippen molar-refractivity contribution in [2.24, 2.45) is 16.6 Å². The largest absolute Gasteiger partial charge is 0.478 e. The van der Waals surface area contributed by atoms with Gasteiger partial charge in [0.15, 0.2) is 11.5 Å². The van der Waals surface area contributed by atoms with Crippen LogP contribution < -0.4 is 22.1 Å². The first-order chi connectivity index (χ1) is 30.6. The number of amides is 3. The Morgan fingerprint density at radius 1 is 0.846 bits per heavy atom. The number of ether oxygens (including phenoxy) is 2. The highest BCUT2D eigenvalue weighted by Crippen LogP contribution is 2.44. The topological polar surface area (TPSA) is 293 Å². The Balaban J connectivity index is -0.000000728. The van der Waals surface area contributed by atoms with Crippen LogP contribution in [-0.4, -0.2) is 114 Å². The monoisotopic (exact) mass is 936 g/mol. The van der Waals surface area contributed by atoms with Crippen LogP contribution in [0.25, 0.3) is 10.4 Å². The summed E-state index contributed by atoms with van der Waals surface area (Å²) in [5.74, 6) is -3.20. The van der Waals surface area contributed by atoms with Crippen LogP contribution in [0.5, 0.6) is 0 Å². The summed E-state index contributed by atoms with van der Waals surface area (Å²) in [6.07, 6.45) is -3.33. The van der Waals surface area contributed by atoms with E-state index in [9.17, 15) is 50.3 Å². The normalized spacial score (nSPS) is 17.4. The number of nitrogens with two attached hydrogens (primary N) is 2. The molecule has 4 bridgehead atoms. The molecule has 19 nitrogen and oxygen atoms in total. The van der Waals surface area contributed by atoms with Gasteiger partial charge in [-0.1, -0.05) is 75.7 Å². The third-order valence-corrected chi connectivity index (χ3v) is 7.46. The first-order valence-electron chi connectivity index (χ1n) is 19.4. The summed E-state index contributed by atoms with van der Waals surface area (Å²) < 4.78 is 90.8. The molecule has 4 atom stereocenters. The fourth-order valence-corrected chi connectivity index (χ4v) is 4.89. The molecular formula is C40H58F6N10O9. The van der Waals surface area contributed by atoms with E-state index in [1.54, 1.807) is 26.4 Å². The highest BCUT2D eigenvalue weighted by Gasteiger charge is 2.52. The highest BCUT2D eigenvalue weighted by atomic mass is 19.4. The number of aromatic nitrogens is 3. The van der Waals surface area contributed by atoms with Crippen molar-refractivity contribution in [3.8, 4) is 0 Å². The number of carbonyl (C=O) groups is 5. The second kappa shape index (κ2) is 33.0. The highest BCUT2D eigenvalue weighted by molar-refractivity contribution is 5.98. The number of fused-ring (bicyclic) bond motifs is 4. The number of carboxylic acid groups (broad SMARTS) is 1. The van der Waals surface area contributed by atoms with Gasteiger partial charge < -0.3 is 41.1 Å². The predicted molar refractivity (Wildman–Crippen MR) is 228 cm³/mol. The van der Waals surface area contributed by atoms with E-state index in [4.69, 9.17) is 25.8 Å². The lowest BCUT2D eigenvalue weighted by Gasteiger charge is -2.14. The number of carboxylic acids is 1. The summed E-state index contributed by atoms with van der Waals surface area (Å²) in [6.45, 7) is 17.3. The molecule has 0 aliphatic carbocycles. The van der Waals surface area contributed by atoms with Gasteiger partial charge in [-0.2, -0.15) is 26.3 Å². The van der Waals surface area contributed by atoms with Crippen LogP contribution in [0.1, 0.15) is 63.6 Å². The molecule has 364 valence electrons. The minimum atomic E-state index is -4.64. The lowest BCUT2D eigenvalue weighted by atomic mass is 9.92. The van der Waals surface area contributed by atoms with Gasteiger partial charge in [-0.25, -0.2) is 9.48 Å². The summed E-state index contributed by atoms with van der Waals surface area (Å²) in [4.78, 5) is 56.3. The van der Waals surface area contributed by atoms with E-state index in [2.05, 4.69) is 68.1 Å². The number of ketones is 1. The van der Waals surface area contributed by atoms with Gasteiger partial charge >= 0.3 is 18.3 Å². The number of hydrogen-bond acceptors (Lipinski definition) is 12. The van der Waals surface area contributed by atoms with Gasteiger partial charge in [0.2, 0.25) is 11.8 Å². The third-order valence-electron chi connectivity index (χ3n) is 7.46. The molecule has 7 N–H and O–H groups in total. The number of carbonyl (C=O) groups excluding carboxylic acids is 4. The maximum Gasteiger partial charge on any atom is 0.416 e. The van der Waals surface area contributed by atoms with E-state index < -0.39 is 71.1 Å². The van der Waals surface area contributed by atoms with Crippen LogP contribution in [0.3, 0.4) is 0 Å². The molecule has 25 heteroatoms. The molecule has 0 saturated heterocycles. The third kappa shape index (κ3) is 21.1. The first-order valence-corrected chi connectivity index (χ1v) is 19.4. The smallest absolute Gasteiger partial charge is 0.416 e. The number of hydrogen-bond donors (Lipinski definition) is 5. The van der Waals surface area contributed by atoms with Crippen LogP contribution in [0.15, 0.2) is 93.9 Å². The number of nitrogens with one attached hydrogen (secondary N) is 2. The van der Waals surface area contributed by atoms with Crippen molar-refractivity contribution in [3.63, 3.8) is 0 Å². The second-order valence-corrected chi connectivity index (χ2v) is 11.7. The summed E-state index contributed by atoms with van der Waals surface area (Å²) in [7, 11) is 4.50. The standard InChI is InChI=1S/C10H9F3O2.C8H5F3O3.C7H11N5O2.C4H4O.C3H6N4O.C3H8.C2H6.C2H4.CH5N/c1-2-5(14)8-6-3-4-7(15-6)9(8)10(11,12)13;9-8(10,11)6-4-2-1-3(14-4)5(6)7(12)13;1-4-6(7(8)14)10-11-12(4)3-5(13)9-2;1-2-4-5-3-1;1-5-3(8)2-6-7-4;1-3-2;3*1-2/h3-4,6-7H,2H2,1H3;1-4H,(H,12,13);3H2,1-2H3,(H2,8,14)(H,9,13);1-4H;2H2,1H3,(H,5,8);3H2,1-2H3;1-2H3;1-2H2;2H2,1H3. The molecule has 4 unspecified atom stereocenters. The zero-order chi connectivity index (χ0) is 51.1. The quantitative estimate of drug-likeness (QED) is 0.0670. The Hall–Kier alpha value is -6.56. The maximum atomic E-state index is 12.6. The number of nitrogens with zero attached hydrogens (tertiary/aromatic N) is 6. The molecule has 0 saturated carbocycles. The number of Topliss-reactive ketones (excluding diaryl/α,β-unsaturated/α-hetero) is 1. The number of furan rings is 1. The van der Waals surface area contributed by atoms with Crippen LogP contribution >= 0.6 is 0 Å². The zero-order valence-electron chi connectivity index (χ0n) is 37.5. The molecule has 6 rings (SSSR count). The summed E-state index contributed by atoms with van der Waals surface area (Å²) >= 11 is 0. The number of alkyl halides is 6. The Kier molecular flexibility index (Phi) is 31.9. The molecular weight excluding hydrogens is 878 g/mol. The first kappa shape index (κ1) is 62.7. The Morgan fingerprint density at radius 3 is 1.57 bits per heavy atom. The van der Waals surface area contributed by atoms with Crippen molar-refractivity contribution >= 4 is 29.5 Å². The van der Waals surface area contributed by atoms with Crippen molar-refractivity contribution < 1.29 is 69.3 Å². The molecule has 0 aromatic carbocycles. The van der Waals surface area contributed by atoms with E-state index >= 15 is 0 Å². The lowest BCUT2D eigenvalue weighted by Crippen LogP contribution is -2.24. The molecule has 4 aliphatic heterocycles. The van der Waals surface area contributed by atoms with Gasteiger partial charge in [0.25, 0.3) is 5.91 Å². The number of likely N-dealkylation sites (N-methyl/N-ethyl adjacent to an activating group) is 2. The van der Waals surface area contributed by atoms with Crippen molar-refractivity contribution in [2.45, 2.75) is 97.7 Å². The molecule has 0 fully saturated rings. The zero-order valence-corrected chi connectivity index (χ0v) is 37.5. The summed E-state index contributed by atoms with van der Waals surface area (Å²) in [6, 6.07) is 3.67. The molecule has 0 radical (unpaired) electrons. The van der Waals surface area contributed by atoms with Crippen molar-refractivity contribution in [1.29, 1.82) is 0 Å². The number of rotatable bonds is 8. The predicted octanol–water partition coefficient (Wildman–Crippen LogP) is 6.00. The van der Waals surface area contributed by atoms with Gasteiger partial charge in [0.05, 0.1) is 34.9 Å². The Labute approximate surface area is 372 Å². The average Bonchev–Trinajstić information content (AvgIpc) is 4.16. The van der Waals surface area contributed by atoms with E-state index in [0.29, 0.717) is 5.69 Å². The average molecular weight is 937 g/mol. The van der Waals surface area contributed by atoms with Gasteiger partial charge in [-0.05, 0) is 31.6 Å². The van der Waals surface area contributed by atoms with E-state index in [-0.39, 0.29) is 42.6 Å². The second-order valence-electron chi connectivity index (χ2n) is 11.7. The number of halogens is 6. The fraction of sp³-hybridized carbons (Fsp3) is 0.475. The Morgan fingerprint density at radius 2 is 1.26 bits per heavy atom. The molecule has 0 spiro atoms. The fourth-order valence-electron chi connectivity index (χ4n) is 4.89. The van der Waals surface area contributed by atoms with Crippen LogP contribution in [0.4, 0.5) is 26.3 Å². The molecule has 2 aromatic rings.